The predicted molar refractivity (Wildman–Crippen MR) is 82.3 cm³/mol. The highest BCUT2D eigenvalue weighted by atomic mass is 79.9. The molecule has 6 nitrogen and oxygen atoms in total. The van der Waals surface area contributed by atoms with Gasteiger partial charge in [-0.1, -0.05) is 0 Å². The molecule has 0 aliphatic rings. The van der Waals surface area contributed by atoms with E-state index in [1.165, 1.54) is 32.5 Å². The lowest BCUT2D eigenvalue weighted by Crippen LogP contribution is -2.13. The first-order valence-corrected chi connectivity index (χ1v) is 8.10. The van der Waals surface area contributed by atoms with Crippen LogP contribution in [0.3, 0.4) is 0 Å². The van der Waals surface area contributed by atoms with Crippen molar-refractivity contribution in [1.29, 1.82) is 0 Å². The fourth-order valence-electron chi connectivity index (χ4n) is 1.59. The second-order valence-electron chi connectivity index (χ2n) is 3.99. The van der Waals surface area contributed by atoms with Crippen molar-refractivity contribution in [3.63, 3.8) is 0 Å². The zero-order valence-electron chi connectivity index (χ0n) is 11.3. The number of rotatable bonds is 5. The molecule has 0 atom stereocenters. The van der Waals surface area contributed by atoms with Crippen LogP contribution in [0, 0.1) is 0 Å². The Kier molecular flexibility index (Phi) is 4.69. The molecule has 1 heterocycles. The predicted octanol–water partition coefficient (Wildman–Crippen LogP) is 2.66. The van der Waals surface area contributed by atoms with E-state index in [1.54, 1.807) is 18.2 Å². The van der Waals surface area contributed by atoms with Gasteiger partial charge in [-0.2, -0.15) is 0 Å². The van der Waals surface area contributed by atoms with E-state index < -0.39 is 10.0 Å². The van der Waals surface area contributed by atoms with Crippen molar-refractivity contribution in [2.75, 3.05) is 18.9 Å². The van der Waals surface area contributed by atoms with Crippen molar-refractivity contribution in [2.24, 2.45) is 0 Å². The normalized spacial score (nSPS) is 11.0. The summed E-state index contributed by atoms with van der Waals surface area (Å²) in [5.41, 5.74) is 0.350. The van der Waals surface area contributed by atoms with E-state index in [0.29, 0.717) is 21.8 Å². The molecule has 0 amide bonds. The van der Waals surface area contributed by atoms with E-state index in [4.69, 9.17) is 9.47 Å². The maximum atomic E-state index is 12.3. The Bertz CT molecular complexity index is 732. The molecule has 0 aliphatic heterocycles. The monoisotopic (exact) mass is 372 g/mol. The molecule has 0 saturated heterocycles. The molecule has 0 fully saturated rings. The summed E-state index contributed by atoms with van der Waals surface area (Å²) >= 11 is 3.26. The standard InChI is InChI=1S/C13H13BrN2O4S/c1-19-12-5-4-10(7-11(12)14)21(17,18)16-9-3-6-13(20-2)15-8-9/h3-8,16H,1-2H3. The summed E-state index contributed by atoms with van der Waals surface area (Å²) < 4.78 is 37.5. The average Bonchev–Trinajstić information content (AvgIpc) is 2.47. The number of hydrogen-bond acceptors (Lipinski definition) is 5. The van der Waals surface area contributed by atoms with Crippen molar-refractivity contribution >= 4 is 31.6 Å². The molecular weight excluding hydrogens is 360 g/mol. The number of ether oxygens (including phenoxy) is 2. The SMILES string of the molecule is COc1ccc(NS(=O)(=O)c2ccc(OC)c(Br)c2)cn1. The molecule has 0 saturated carbocycles. The summed E-state index contributed by atoms with van der Waals surface area (Å²) in [5.74, 6) is 0.963. The zero-order chi connectivity index (χ0) is 15.5. The number of pyridine rings is 1. The highest BCUT2D eigenvalue weighted by Crippen LogP contribution is 2.28. The molecule has 112 valence electrons. The molecule has 21 heavy (non-hydrogen) atoms. The number of anilines is 1. The molecule has 8 heteroatoms. The first-order valence-electron chi connectivity index (χ1n) is 5.82. The third-order valence-corrected chi connectivity index (χ3v) is 4.63. The third-order valence-electron chi connectivity index (χ3n) is 2.63. The van der Waals surface area contributed by atoms with Crippen LogP contribution in [0.25, 0.3) is 0 Å². The van der Waals surface area contributed by atoms with Gasteiger partial charge in [0.2, 0.25) is 5.88 Å². The summed E-state index contributed by atoms with van der Waals surface area (Å²) in [4.78, 5) is 4.06. The Labute approximate surface area is 131 Å². The van der Waals surface area contributed by atoms with E-state index in [2.05, 4.69) is 25.6 Å². The van der Waals surface area contributed by atoms with Crippen LogP contribution in [0.1, 0.15) is 0 Å². The second-order valence-corrected chi connectivity index (χ2v) is 6.53. The van der Waals surface area contributed by atoms with Gasteiger partial charge >= 0.3 is 0 Å². The first kappa shape index (κ1) is 15.6. The minimum Gasteiger partial charge on any atom is -0.496 e. The van der Waals surface area contributed by atoms with Crippen molar-refractivity contribution in [1.82, 2.24) is 4.98 Å². The van der Waals surface area contributed by atoms with Gasteiger partial charge in [0.25, 0.3) is 10.0 Å². The quantitative estimate of drug-likeness (QED) is 0.872. The minimum absolute atomic E-state index is 0.117. The fraction of sp³-hybridized carbons (Fsp3) is 0.154. The molecule has 0 aliphatic carbocycles. The maximum absolute atomic E-state index is 12.3. The van der Waals surface area contributed by atoms with E-state index >= 15 is 0 Å². The fourth-order valence-corrected chi connectivity index (χ4v) is 3.35. The lowest BCUT2D eigenvalue weighted by molar-refractivity contribution is 0.398. The number of sulfonamides is 1. The smallest absolute Gasteiger partial charge is 0.261 e. The third kappa shape index (κ3) is 3.64. The van der Waals surface area contributed by atoms with Crippen molar-refractivity contribution in [2.45, 2.75) is 4.90 Å². The van der Waals surface area contributed by atoms with E-state index in [-0.39, 0.29) is 4.90 Å². The molecule has 1 aromatic carbocycles. The van der Waals surface area contributed by atoms with Crippen LogP contribution in [0.15, 0.2) is 45.9 Å². The summed E-state index contributed by atoms with van der Waals surface area (Å²) in [5, 5.41) is 0. The Morgan fingerprint density at radius 3 is 2.43 bits per heavy atom. The largest absolute Gasteiger partial charge is 0.496 e. The second kappa shape index (κ2) is 6.31. The van der Waals surface area contributed by atoms with Crippen LogP contribution in [0.2, 0.25) is 0 Å². The van der Waals surface area contributed by atoms with Crippen LogP contribution >= 0.6 is 15.9 Å². The highest BCUT2D eigenvalue weighted by molar-refractivity contribution is 9.10. The first-order chi connectivity index (χ1) is 9.96. The average molecular weight is 373 g/mol. The van der Waals surface area contributed by atoms with Gasteiger partial charge < -0.3 is 9.47 Å². The summed E-state index contributed by atoms with van der Waals surface area (Å²) in [6.07, 6.45) is 1.38. The van der Waals surface area contributed by atoms with Gasteiger partial charge in [0.15, 0.2) is 0 Å². The van der Waals surface area contributed by atoms with E-state index in [0.717, 1.165) is 0 Å². The molecule has 0 spiro atoms. The Morgan fingerprint density at radius 1 is 1.14 bits per heavy atom. The molecule has 2 aromatic rings. The number of halogens is 1. The van der Waals surface area contributed by atoms with Crippen molar-refractivity contribution in [3.8, 4) is 11.6 Å². The Balaban J connectivity index is 2.26. The molecular formula is C13H13BrN2O4S. The van der Waals surface area contributed by atoms with Crippen molar-refractivity contribution < 1.29 is 17.9 Å². The number of benzene rings is 1. The number of hydrogen-bond donors (Lipinski definition) is 1. The van der Waals surface area contributed by atoms with Crippen LogP contribution in [-0.2, 0) is 10.0 Å². The summed E-state index contributed by atoms with van der Waals surface area (Å²) in [6, 6.07) is 7.65. The molecule has 1 N–H and O–H groups in total. The van der Waals surface area contributed by atoms with Crippen LogP contribution in [0.4, 0.5) is 5.69 Å². The van der Waals surface area contributed by atoms with Gasteiger partial charge in [0.05, 0.1) is 35.5 Å². The molecule has 0 radical (unpaired) electrons. The van der Waals surface area contributed by atoms with E-state index in [9.17, 15) is 8.42 Å². The van der Waals surface area contributed by atoms with Crippen LogP contribution in [-0.4, -0.2) is 27.6 Å². The van der Waals surface area contributed by atoms with Gasteiger partial charge in [0, 0.05) is 6.07 Å². The van der Waals surface area contributed by atoms with Crippen LogP contribution in [0.5, 0.6) is 11.6 Å². The van der Waals surface area contributed by atoms with Gasteiger partial charge in [-0.15, -0.1) is 0 Å². The topological polar surface area (TPSA) is 77.5 Å². The molecule has 2 rings (SSSR count). The lowest BCUT2D eigenvalue weighted by atomic mass is 10.3. The Hall–Kier alpha value is -1.80. The minimum atomic E-state index is -3.70. The summed E-state index contributed by atoms with van der Waals surface area (Å²) in [6.45, 7) is 0. The number of nitrogens with one attached hydrogen (secondary N) is 1. The lowest BCUT2D eigenvalue weighted by Gasteiger charge is -2.10. The van der Waals surface area contributed by atoms with Gasteiger partial charge in [-0.3, -0.25) is 4.72 Å². The number of aromatic nitrogens is 1. The van der Waals surface area contributed by atoms with E-state index in [1.807, 2.05) is 0 Å². The number of methoxy groups -OCH3 is 2. The molecule has 0 unspecified atom stereocenters. The molecule has 1 aromatic heterocycles. The number of nitrogens with zero attached hydrogens (tertiary/aromatic N) is 1. The van der Waals surface area contributed by atoms with Crippen molar-refractivity contribution in [3.05, 3.63) is 41.0 Å². The van der Waals surface area contributed by atoms with Gasteiger partial charge in [0.1, 0.15) is 5.75 Å². The highest BCUT2D eigenvalue weighted by Gasteiger charge is 2.16. The Morgan fingerprint density at radius 2 is 1.90 bits per heavy atom. The molecule has 0 bridgehead atoms. The van der Waals surface area contributed by atoms with Gasteiger partial charge in [-0.25, -0.2) is 13.4 Å². The summed E-state index contributed by atoms with van der Waals surface area (Å²) in [7, 11) is -0.700. The zero-order valence-corrected chi connectivity index (χ0v) is 13.7. The van der Waals surface area contributed by atoms with Crippen LogP contribution < -0.4 is 14.2 Å². The maximum Gasteiger partial charge on any atom is 0.261 e. The van der Waals surface area contributed by atoms with Gasteiger partial charge in [-0.05, 0) is 40.2 Å².